The summed E-state index contributed by atoms with van der Waals surface area (Å²) in [4.78, 5) is 32.7. The number of hydrogen-bond acceptors (Lipinski definition) is 4. The zero-order chi connectivity index (χ0) is 16.4. The van der Waals surface area contributed by atoms with Gasteiger partial charge in [-0.15, -0.1) is 0 Å². The van der Waals surface area contributed by atoms with Crippen LogP contribution in [0.2, 0.25) is 0 Å². The Hall–Kier alpha value is -1.34. The van der Waals surface area contributed by atoms with Crippen LogP contribution in [0.25, 0.3) is 0 Å². The van der Waals surface area contributed by atoms with Crippen LogP contribution >= 0.6 is 0 Å². The lowest BCUT2D eigenvalue weighted by molar-refractivity contribution is -0.141. The predicted molar refractivity (Wildman–Crippen MR) is 86.2 cm³/mol. The Balaban J connectivity index is 1.50. The summed E-state index contributed by atoms with van der Waals surface area (Å²) in [5, 5.41) is 0. The van der Waals surface area contributed by atoms with E-state index in [1.165, 1.54) is 0 Å². The number of carbonyl (C=O) groups excluding carboxylic acids is 2. The molecule has 130 valence electrons. The van der Waals surface area contributed by atoms with Gasteiger partial charge in [0.05, 0.1) is 19.3 Å². The normalized spacial score (nSPS) is 26.0. The summed E-state index contributed by atoms with van der Waals surface area (Å²) in [5.74, 6) is 0.212. The first-order chi connectivity index (χ1) is 11.1. The predicted octanol–water partition coefficient (Wildman–Crippen LogP) is 0.0655. The van der Waals surface area contributed by atoms with Gasteiger partial charge in [0.2, 0.25) is 5.91 Å². The molecular weight excluding hydrogens is 296 g/mol. The van der Waals surface area contributed by atoms with Gasteiger partial charge >= 0.3 is 6.03 Å². The van der Waals surface area contributed by atoms with E-state index < -0.39 is 0 Å². The van der Waals surface area contributed by atoms with E-state index in [0.717, 1.165) is 39.0 Å². The number of urea groups is 1. The van der Waals surface area contributed by atoms with Crippen LogP contribution in [-0.2, 0) is 9.53 Å². The van der Waals surface area contributed by atoms with E-state index in [0.29, 0.717) is 32.3 Å². The second-order valence-corrected chi connectivity index (χ2v) is 6.78. The minimum absolute atomic E-state index is 0.0778. The molecule has 0 aromatic carbocycles. The van der Waals surface area contributed by atoms with Crippen molar-refractivity contribution in [3.05, 3.63) is 0 Å². The SMILES string of the molecule is C[C@H](C(=O)N1CCOCC1)N1CCC(N2CCN(C)C2=O)CC1. The molecule has 3 aliphatic rings. The maximum Gasteiger partial charge on any atom is 0.320 e. The molecule has 3 aliphatic heterocycles. The topological polar surface area (TPSA) is 56.3 Å². The molecule has 0 aliphatic carbocycles. The van der Waals surface area contributed by atoms with E-state index in [-0.39, 0.29) is 18.0 Å². The molecule has 3 heterocycles. The lowest BCUT2D eigenvalue weighted by Gasteiger charge is -2.40. The highest BCUT2D eigenvalue weighted by Crippen LogP contribution is 2.22. The highest BCUT2D eigenvalue weighted by Gasteiger charge is 2.36. The largest absolute Gasteiger partial charge is 0.378 e. The summed E-state index contributed by atoms with van der Waals surface area (Å²) >= 11 is 0. The molecule has 0 N–H and O–H groups in total. The van der Waals surface area contributed by atoms with Gasteiger partial charge in [0.15, 0.2) is 0 Å². The third-order valence-corrected chi connectivity index (χ3v) is 5.42. The number of rotatable bonds is 3. The average molecular weight is 324 g/mol. The van der Waals surface area contributed by atoms with Crippen LogP contribution in [0.3, 0.4) is 0 Å². The van der Waals surface area contributed by atoms with Crippen molar-refractivity contribution in [1.82, 2.24) is 19.6 Å². The number of likely N-dealkylation sites (tertiary alicyclic amines) is 1. The van der Waals surface area contributed by atoms with E-state index in [1.54, 1.807) is 4.90 Å². The molecule has 0 bridgehead atoms. The number of carbonyl (C=O) groups is 2. The molecule has 3 amide bonds. The van der Waals surface area contributed by atoms with Gasteiger partial charge in [-0.05, 0) is 19.8 Å². The van der Waals surface area contributed by atoms with Crippen molar-refractivity contribution in [3.63, 3.8) is 0 Å². The molecule has 23 heavy (non-hydrogen) atoms. The van der Waals surface area contributed by atoms with Gasteiger partial charge in [-0.25, -0.2) is 4.79 Å². The Morgan fingerprint density at radius 2 is 1.74 bits per heavy atom. The van der Waals surface area contributed by atoms with Crippen LogP contribution in [0, 0.1) is 0 Å². The fourth-order valence-corrected chi connectivity index (χ4v) is 3.80. The molecule has 7 heteroatoms. The van der Waals surface area contributed by atoms with Crippen molar-refractivity contribution in [2.24, 2.45) is 0 Å². The van der Waals surface area contributed by atoms with E-state index in [2.05, 4.69) is 4.90 Å². The third-order valence-electron chi connectivity index (χ3n) is 5.42. The highest BCUT2D eigenvalue weighted by molar-refractivity contribution is 5.81. The molecule has 0 saturated carbocycles. The summed E-state index contributed by atoms with van der Waals surface area (Å²) in [5.41, 5.74) is 0. The Morgan fingerprint density at radius 1 is 1.09 bits per heavy atom. The molecule has 3 fully saturated rings. The van der Waals surface area contributed by atoms with Crippen molar-refractivity contribution < 1.29 is 14.3 Å². The Labute approximate surface area is 138 Å². The molecule has 0 aromatic heterocycles. The van der Waals surface area contributed by atoms with Crippen molar-refractivity contribution in [2.45, 2.75) is 31.8 Å². The van der Waals surface area contributed by atoms with Gasteiger partial charge in [-0.3, -0.25) is 9.69 Å². The van der Waals surface area contributed by atoms with E-state index in [4.69, 9.17) is 4.74 Å². The van der Waals surface area contributed by atoms with Crippen LogP contribution in [0.15, 0.2) is 0 Å². The second-order valence-electron chi connectivity index (χ2n) is 6.78. The number of likely N-dealkylation sites (N-methyl/N-ethyl adjacent to an activating group) is 1. The van der Waals surface area contributed by atoms with Crippen molar-refractivity contribution in [1.29, 1.82) is 0 Å². The summed E-state index contributed by atoms with van der Waals surface area (Å²) in [6.45, 7) is 8.13. The molecule has 0 unspecified atom stereocenters. The first-order valence-electron chi connectivity index (χ1n) is 8.70. The van der Waals surface area contributed by atoms with Crippen molar-refractivity contribution in [2.75, 3.05) is 59.5 Å². The molecule has 7 nitrogen and oxygen atoms in total. The van der Waals surface area contributed by atoms with Crippen LogP contribution < -0.4 is 0 Å². The van der Waals surface area contributed by atoms with Gasteiger partial charge in [0.25, 0.3) is 0 Å². The standard InChI is InChI=1S/C16H28N4O3/c1-13(15(21)19-9-11-23-12-10-19)18-5-3-14(4-6-18)20-8-7-17(2)16(20)22/h13-14H,3-12H2,1-2H3/t13-/m1/s1. The number of ether oxygens (including phenoxy) is 1. The first kappa shape index (κ1) is 16.5. The summed E-state index contributed by atoms with van der Waals surface area (Å²) in [6.07, 6.45) is 1.92. The Bertz CT molecular complexity index is 445. The lowest BCUT2D eigenvalue weighted by Crippen LogP contribution is -2.54. The van der Waals surface area contributed by atoms with Gasteiger partial charge < -0.3 is 19.4 Å². The maximum atomic E-state index is 12.6. The molecule has 0 aromatic rings. The molecule has 3 rings (SSSR count). The Kier molecular flexibility index (Phi) is 5.06. The van der Waals surface area contributed by atoms with Gasteiger partial charge in [-0.1, -0.05) is 0 Å². The number of nitrogens with zero attached hydrogens (tertiary/aromatic N) is 4. The number of hydrogen-bond donors (Lipinski definition) is 0. The maximum absolute atomic E-state index is 12.6. The van der Waals surface area contributed by atoms with Crippen molar-refractivity contribution in [3.8, 4) is 0 Å². The molecule has 0 radical (unpaired) electrons. The fraction of sp³-hybridized carbons (Fsp3) is 0.875. The number of piperidine rings is 1. The van der Waals surface area contributed by atoms with Crippen LogP contribution in [0.5, 0.6) is 0 Å². The zero-order valence-corrected chi connectivity index (χ0v) is 14.2. The minimum Gasteiger partial charge on any atom is -0.378 e. The van der Waals surface area contributed by atoms with E-state index in [9.17, 15) is 9.59 Å². The third kappa shape index (κ3) is 3.45. The minimum atomic E-state index is -0.0778. The average Bonchev–Trinajstić information content (AvgIpc) is 2.94. The summed E-state index contributed by atoms with van der Waals surface area (Å²) < 4.78 is 5.32. The molecule has 1 atom stereocenters. The summed E-state index contributed by atoms with van der Waals surface area (Å²) in [6, 6.07) is 0.404. The zero-order valence-electron chi connectivity index (χ0n) is 14.2. The van der Waals surface area contributed by atoms with Crippen LogP contribution in [0.1, 0.15) is 19.8 Å². The van der Waals surface area contributed by atoms with Crippen LogP contribution in [-0.4, -0.2) is 103 Å². The fourth-order valence-electron chi connectivity index (χ4n) is 3.80. The first-order valence-corrected chi connectivity index (χ1v) is 8.70. The molecule has 0 spiro atoms. The Morgan fingerprint density at radius 3 is 2.30 bits per heavy atom. The van der Waals surface area contributed by atoms with Gasteiger partial charge in [0.1, 0.15) is 0 Å². The van der Waals surface area contributed by atoms with Crippen molar-refractivity contribution >= 4 is 11.9 Å². The summed E-state index contributed by atoms with van der Waals surface area (Å²) in [7, 11) is 1.86. The number of morpholine rings is 1. The number of amides is 3. The van der Waals surface area contributed by atoms with Gasteiger partial charge in [0, 0.05) is 52.4 Å². The van der Waals surface area contributed by atoms with E-state index >= 15 is 0 Å². The lowest BCUT2D eigenvalue weighted by atomic mass is 10.0. The smallest absolute Gasteiger partial charge is 0.320 e. The molecule has 3 saturated heterocycles. The quantitative estimate of drug-likeness (QED) is 0.737. The highest BCUT2D eigenvalue weighted by atomic mass is 16.5. The van der Waals surface area contributed by atoms with Crippen LogP contribution in [0.4, 0.5) is 4.79 Å². The molecular formula is C16H28N4O3. The van der Waals surface area contributed by atoms with E-state index in [1.807, 2.05) is 23.8 Å². The second kappa shape index (κ2) is 7.05. The monoisotopic (exact) mass is 324 g/mol. The van der Waals surface area contributed by atoms with Gasteiger partial charge in [-0.2, -0.15) is 0 Å².